The Morgan fingerprint density at radius 1 is 1.29 bits per heavy atom. The van der Waals surface area contributed by atoms with Crippen LogP contribution in [0.2, 0.25) is 0 Å². The molecule has 1 aliphatic heterocycles. The minimum absolute atomic E-state index is 0.126. The zero-order valence-corrected chi connectivity index (χ0v) is 18.1. The fourth-order valence-electron chi connectivity index (χ4n) is 3.58. The van der Waals surface area contributed by atoms with Crippen molar-refractivity contribution in [3.05, 3.63) is 51.7 Å². The number of nitrogens with zero attached hydrogens (tertiary/aromatic N) is 2. The maximum atomic E-state index is 13.2. The fourth-order valence-corrected chi connectivity index (χ4v) is 5.35. The summed E-state index contributed by atoms with van der Waals surface area (Å²) in [6.45, 7) is 2.70. The summed E-state index contributed by atoms with van der Waals surface area (Å²) in [5.74, 6) is 0.589. The topological polar surface area (TPSA) is 66.9 Å². The van der Waals surface area contributed by atoms with Crippen LogP contribution in [0.5, 0.6) is 5.75 Å². The zero-order valence-electron chi connectivity index (χ0n) is 16.4. The number of carbonyl (C=O) groups is 1. The minimum Gasteiger partial charge on any atom is -0.497 e. The number of amides is 1. The van der Waals surface area contributed by atoms with Gasteiger partial charge < -0.3 is 9.64 Å². The third kappa shape index (κ3) is 4.39. The van der Waals surface area contributed by atoms with Crippen molar-refractivity contribution in [1.82, 2.24) is 9.21 Å². The molecule has 0 aliphatic carbocycles. The van der Waals surface area contributed by atoms with Crippen LogP contribution in [0.1, 0.15) is 35.4 Å². The molecule has 0 radical (unpaired) electrons. The van der Waals surface area contributed by atoms with E-state index in [2.05, 4.69) is 11.4 Å². The van der Waals surface area contributed by atoms with Gasteiger partial charge in [0, 0.05) is 18.0 Å². The Labute approximate surface area is 170 Å². The van der Waals surface area contributed by atoms with E-state index in [1.807, 2.05) is 36.1 Å². The SMILES string of the molecule is CCCN(CC(=O)N1CCc2sccc2C1c1ccc(OC)cc1)S(C)(=O)=O. The first kappa shape index (κ1) is 20.8. The highest BCUT2D eigenvalue weighted by atomic mass is 32.2. The van der Waals surface area contributed by atoms with Crippen LogP contribution in [0, 0.1) is 0 Å². The van der Waals surface area contributed by atoms with Crippen molar-refractivity contribution in [3.8, 4) is 5.75 Å². The summed E-state index contributed by atoms with van der Waals surface area (Å²) in [5, 5.41) is 2.05. The summed E-state index contributed by atoms with van der Waals surface area (Å²) in [5.41, 5.74) is 2.12. The molecule has 1 aromatic heterocycles. The molecule has 28 heavy (non-hydrogen) atoms. The molecule has 0 bridgehead atoms. The van der Waals surface area contributed by atoms with Crippen LogP contribution < -0.4 is 4.74 Å². The summed E-state index contributed by atoms with van der Waals surface area (Å²) in [7, 11) is -1.81. The molecule has 1 aliphatic rings. The molecule has 0 saturated heterocycles. The number of sulfonamides is 1. The molecule has 2 heterocycles. The number of carbonyl (C=O) groups excluding carboxylic acids is 1. The highest BCUT2D eigenvalue weighted by molar-refractivity contribution is 7.88. The van der Waals surface area contributed by atoms with Crippen molar-refractivity contribution in [2.24, 2.45) is 0 Å². The Morgan fingerprint density at radius 3 is 2.61 bits per heavy atom. The van der Waals surface area contributed by atoms with E-state index in [1.165, 1.54) is 9.18 Å². The molecule has 152 valence electrons. The molecular weight excluding hydrogens is 396 g/mol. The van der Waals surface area contributed by atoms with Crippen molar-refractivity contribution in [2.45, 2.75) is 25.8 Å². The third-order valence-corrected chi connectivity index (χ3v) is 7.22. The molecule has 1 amide bonds. The van der Waals surface area contributed by atoms with E-state index in [9.17, 15) is 13.2 Å². The van der Waals surface area contributed by atoms with Gasteiger partial charge in [0.25, 0.3) is 0 Å². The Bertz CT molecular complexity index is 922. The molecule has 3 rings (SSSR count). The van der Waals surface area contributed by atoms with Gasteiger partial charge in [0.2, 0.25) is 15.9 Å². The lowest BCUT2D eigenvalue weighted by atomic mass is 9.93. The van der Waals surface area contributed by atoms with E-state index in [-0.39, 0.29) is 18.5 Å². The molecule has 2 aromatic rings. The van der Waals surface area contributed by atoms with Crippen LogP contribution in [-0.4, -0.2) is 56.5 Å². The first-order chi connectivity index (χ1) is 13.3. The maximum Gasteiger partial charge on any atom is 0.238 e. The Morgan fingerprint density at radius 2 is 2.00 bits per heavy atom. The lowest BCUT2D eigenvalue weighted by Crippen LogP contribution is -2.46. The average Bonchev–Trinajstić information content (AvgIpc) is 3.15. The standard InChI is InChI=1S/C20H26N2O4S2/c1-4-11-21(28(3,24)25)14-19(23)22-12-9-18-17(10-13-27-18)20(22)15-5-7-16(26-2)8-6-15/h5-8,10,13,20H,4,9,11-12,14H2,1-3H3. The van der Waals surface area contributed by atoms with Crippen molar-refractivity contribution in [3.63, 3.8) is 0 Å². The third-order valence-electron chi connectivity index (χ3n) is 4.97. The average molecular weight is 423 g/mol. The van der Waals surface area contributed by atoms with Gasteiger partial charge in [-0.2, -0.15) is 4.31 Å². The molecular formula is C20H26N2O4S2. The summed E-state index contributed by atoms with van der Waals surface area (Å²) < 4.78 is 30.6. The van der Waals surface area contributed by atoms with E-state index >= 15 is 0 Å². The second-order valence-electron chi connectivity index (χ2n) is 6.91. The first-order valence-corrected chi connectivity index (χ1v) is 12.0. The van der Waals surface area contributed by atoms with Crippen LogP contribution in [0.4, 0.5) is 0 Å². The van der Waals surface area contributed by atoms with E-state index in [0.717, 1.165) is 29.6 Å². The monoisotopic (exact) mass is 422 g/mol. The van der Waals surface area contributed by atoms with Gasteiger partial charge in [0.05, 0.1) is 26.0 Å². The van der Waals surface area contributed by atoms with Gasteiger partial charge in [-0.3, -0.25) is 4.79 Å². The summed E-state index contributed by atoms with van der Waals surface area (Å²) in [6, 6.07) is 9.57. The predicted molar refractivity (Wildman–Crippen MR) is 111 cm³/mol. The summed E-state index contributed by atoms with van der Waals surface area (Å²) >= 11 is 1.70. The number of ether oxygens (including phenoxy) is 1. The zero-order chi connectivity index (χ0) is 20.3. The van der Waals surface area contributed by atoms with Crippen LogP contribution in [0.25, 0.3) is 0 Å². The Hall–Kier alpha value is -1.90. The number of fused-ring (bicyclic) bond motifs is 1. The number of methoxy groups -OCH3 is 1. The largest absolute Gasteiger partial charge is 0.497 e. The second kappa shape index (κ2) is 8.63. The van der Waals surface area contributed by atoms with E-state index in [1.54, 1.807) is 18.4 Å². The van der Waals surface area contributed by atoms with Gasteiger partial charge in [-0.05, 0) is 47.5 Å². The van der Waals surface area contributed by atoms with E-state index < -0.39 is 10.0 Å². The second-order valence-corrected chi connectivity index (χ2v) is 9.89. The highest BCUT2D eigenvalue weighted by Gasteiger charge is 2.34. The number of rotatable bonds is 7. The first-order valence-electron chi connectivity index (χ1n) is 9.30. The molecule has 6 nitrogen and oxygen atoms in total. The van der Waals surface area contributed by atoms with Gasteiger partial charge >= 0.3 is 0 Å². The Balaban J connectivity index is 1.92. The normalized spacial score (nSPS) is 16.9. The van der Waals surface area contributed by atoms with E-state index in [0.29, 0.717) is 19.5 Å². The van der Waals surface area contributed by atoms with Crippen molar-refractivity contribution in [1.29, 1.82) is 0 Å². The highest BCUT2D eigenvalue weighted by Crippen LogP contribution is 2.38. The number of hydrogen-bond acceptors (Lipinski definition) is 5. The molecule has 0 N–H and O–H groups in total. The van der Waals surface area contributed by atoms with Crippen molar-refractivity contribution >= 4 is 27.3 Å². The quantitative estimate of drug-likeness (QED) is 0.688. The van der Waals surface area contributed by atoms with E-state index in [4.69, 9.17) is 4.74 Å². The molecule has 1 unspecified atom stereocenters. The number of thiophene rings is 1. The van der Waals surface area contributed by atoms with Crippen molar-refractivity contribution in [2.75, 3.05) is 33.0 Å². The number of hydrogen-bond donors (Lipinski definition) is 0. The lowest BCUT2D eigenvalue weighted by Gasteiger charge is -2.37. The van der Waals surface area contributed by atoms with Gasteiger partial charge in [0.15, 0.2) is 0 Å². The molecule has 0 fully saturated rings. The molecule has 0 spiro atoms. The van der Waals surface area contributed by atoms with Crippen molar-refractivity contribution < 1.29 is 17.9 Å². The van der Waals surface area contributed by atoms with Gasteiger partial charge in [-0.1, -0.05) is 19.1 Å². The van der Waals surface area contributed by atoms with Crippen LogP contribution in [-0.2, 0) is 21.2 Å². The smallest absolute Gasteiger partial charge is 0.238 e. The molecule has 0 saturated carbocycles. The van der Waals surface area contributed by atoms with Crippen LogP contribution in [0.15, 0.2) is 35.7 Å². The predicted octanol–water partition coefficient (Wildman–Crippen LogP) is 2.90. The summed E-state index contributed by atoms with van der Waals surface area (Å²) in [6.07, 6.45) is 2.61. The van der Waals surface area contributed by atoms with Crippen LogP contribution >= 0.6 is 11.3 Å². The maximum absolute atomic E-state index is 13.2. The lowest BCUT2D eigenvalue weighted by molar-refractivity contribution is -0.133. The molecule has 1 aromatic carbocycles. The summed E-state index contributed by atoms with van der Waals surface area (Å²) in [4.78, 5) is 16.3. The fraction of sp³-hybridized carbons (Fsp3) is 0.450. The molecule has 1 atom stereocenters. The van der Waals surface area contributed by atoms with Gasteiger partial charge in [-0.15, -0.1) is 11.3 Å². The molecule has 8 heteroatoms. The minimum atomic E-state index is -3.43. The number of benzene rings is 1. The van der Waals surface area contributed by atoms with Crippen LogP contribution in [0.3, 0.4) is 0 Å². The Kier molecular flexibility index (Phi) is 6.42. The van der Waals surface area contributed by atoms with Gasteiger partial charge in [-0.25, -0.2) is 8.42 Å². The van der Waals surface area contributed by atoms with Gasteiger partial charge in [0.1, 0.15) is 5.75 Å².